The van der Waals surface area contributed by atoms with Crippen molar-refractivity contribution < 1.29 is 8.94 Å². The number of benzene rings is 1. The SMILES string of the molecule is Cc1ccccc1-c1nnn(Cc2noc(-c3ccco3)n2)n1. The zero-order valence-electron chi connectivity index (χ0n) is 12.2. The second-order valence-electron chi connectivity index (χ2n) is 4.95. The maximum atomic E-state index is 5.21. The second-order valence-corrected chi connectivity index (χ2v) is 4.95. The van der Waals surface area contributed by atoms with Crippen molar-refractivity contribution in [2.24, 2.45) is 0 Å². The molecule has 3 aromatic heterocycles. The van der Waals surface area contributed by atoms with E-state index in [2.05, 4.69) is 25.6 Å². The number of tetrazole rings is 1. The quantitative estimate of drug-likeness (QED) is 0.571. The van der Waals surface area contributed by atoms with E-state index in [4.69, 9.17) is 8.94 Å². The van der Waals surface area contributed by atoms with Gasteiger partial charge < -0.3 is 8.94 Å². The van der Waals surface area contributed by atoms with Gasteiger partial charge in [0.05, 0.1) is 6.26 Å². The predicted molar refractivity (Wildman–Crippen MR) is 79.1 cm³/mol. The molecule has 0 unspecified atom stereocenters. The van der Waals surface area contributed by atoms with Crippen molar-refractivity contribution in [1.29, 1.82) is 0 Å². The van der Waals surface area contributed by atoms with Gasteiger partial charge in [-0.25, -0.2) is 0 Å². The number of furan rings is 1. The van der Waals surface area contributed by atoms with Crippen molar-refractivity contribution >= 4 is 0 Å². The molecule has 0 radical (unpaired) electrons. The van der Waals surface area contributed by atoms with E-state index >= 15 is 0 Å². The first kappa shape index (κ1) is 13.4. The Hall–Kier alpha value is -3.29. The standard InChI is InChI=1S/C15H12N6O2/c1-10-5-2-3-6-11(10)14-17-20-21(18-14)9-13-16-15(23-19-13)12-7-4-8-22-12/h2-8H,9H2,1H3. The van der Waals surface area contributed by atoms with Crippen molar-refractivity contribution in [3.05, 3.63) is 54.0 Å². The molecule has 0 aliphatic rings. The molecule has 0 saturated heterocycles. The van der Waals surface area contributed by atoms with Gasteiger partial charge in [-0.05, 0) is 29.8 Å². The van der Waals surface area contributed by atoms with Crippen molar-refractivity contribution in [3.63, 3.8) is 0 Å². The Labute approximate surface area is 130 Å². The maximum absolute atomic E-state index is 5.21. The number of rotatable bonds is 4. The minimum absolute atomic E-state index is 0.267. The van der Waals surface area contributed by atoms with Crippen LogP contribution in [0.1, 0.15) is 11.4 Å². The topological polar surface area (TPSA) is 95.7 Å². The third-order valence-electron chi connectivity index (χ3n) is 3.32. The van der Waals surface area contributed by atoms with Crippen LogP contribution in [0.15, 0.2) is 51.6 Å². The Morgan fingerprint density at radius 3 is 2.87 bits per heavy atom. The minimum atomic E-state index is 0.267. The van der Waals surface area contributed by atoms with Crippen LogP contribution >= 0.6 is 0 Å². The minimum Gasteiger partial charge on any atom is -0.459 e. The first-order chi connectivity index (χ1) is 11.3. The fourth-order valence-electron chi connectivity index (χ4n) is 2.19. The summed E-state index contributed by atoms with van der Waals surface area (Å²) in [6, 6.07) is 11.4. The number of hydrogen-bond acceptors (Lipinski definition) is 7. The zero-order chi connectivity index (χ0) is 15.6. The smallest absolute Gasteiger partial charge is 0.293 e. The first-order valence-corrected chi connectivity index (χ1v) is 7.00. The van der Waals surface area contributed by atoms with Crippen LogP contribution in [0, 0.1) is 6.92 Å². The highest BCUT2D eigenvalue weighted by atomic mass is 16.5. The Bertz CT molecular complexity index is 925. The Morgan fingerprint density at radius 1 is 1.13 bits per heavy atom. The lowest BCUT2D eigenvalue weighted by Crippen LogP contribution is -2.05. The fourth-order valence-corrected chi connectivity index (χ4v) is 2.19. The molecule has 1 aromatic carbocycles. The van der Waals surface area contributed by atoms with Gasteiger partial charge >= 0.3 is 0 Å². The van der Waals surface area contributed by atoms with Crippen molar-refractivity contribution in [2.45, 2.75) is 13.5 Å². The monoisotopic (exact) mass is 308 g/mol. The number of nitrogens with zero attached hydrogens (tertiary/aromatic N) is 6. The van der Waals surface area contributed by atoms with Gasteiger partial charge in [0, 0.05) is 5.56 Å². The predicted octanol–water partition coefficient (Wildman–Crippen LogP) is 2.34. The van der Waals surface area contributed by atoms with Crippen LogP contribution in [0.25, 0.3) is 23.0 Å². The Morgan fingerprint density at radius 2 is 2.04 bits per heavy atom. The Kier molecular flexibility index (Phi) is 3.19. The van der Waals surface area contributed by atoms with Gasteiger partial charge in [-0.2, -0.15) is 9.78 Å². The summed E-state index contributed by atoms with van der Waals surface area (Å²) in [5.74, 6) is 1.86. The molecular formula is C15H12N6O2. The molecule has 3 heterocycles. The van der Waals surface area contributed by atoms with E-state index in [-0.39, 0.29) is 6.54 Å². The average Bonchev–Trinajstić information content (AvgIpc) is 3.29. The molecule has 8 nitrogen and oxygen atoms in total. The third-order valence-corrected chi connectivity index (χ3v) is 3.32. The summed E-state index contributed by atoms with van der Waals surface area (Å²) in [7, 11) is 0. The summed E-state index contributed by atoms with van der Waals surface area (Å²) in [6.45, 7) is 2.27. The molecule has 4 aromatic rings. The lowest BCUT2D eigenvalue weighted by Gasteiger charge is -1.98. The summed E-state index contributed by atoms with van der Waals surface area (Å²) in [5, 5.41) is 16.4. The van der Waals surface area contributed by atoms with Gasteiger partial charge in [-0.1, -0.05) is 29.4 Å². The van der Waals surface area contributed by atoms with E-state index in [1.54, 1.807) is 18.4 Å². The summed E-state index contributed by atoms with van der Waals surface area (Å²) >= 11 is 0. The number of aromatic nitrogens is 6. The molecule has 0 aliphatic carbocycles. The zero-order valence-corrected chi connectivity index (χ0v) is 12.2. The maximum Gasteiger partial charge on any atom is 0.293 e. The highest BCUT2D eigenvalue weighted by Crippen LogP contribution is 2.19. The van der Waals surface area contributed by atoms with E-state index in [0.717, 1.165) is 11.1 Å². The van der Waals surface area contributed by atoms with E-state index in [0.29, 0.717) is 23.3 Å². The fraction of sp³-hybridized carbons (Fsp3) is 0.133. The van der Waals surface area contributed by atoms with Gasteiger partial charge in [0.15, 0.2) is 11.6 Å². The molecule has 0 fully saturated rings. The lowest BCUT2D eigenvalue weighted by atomic mass is 10.1. The van der Waals surface area contributed by atoms with Crippen LogP contribution in [-0.2, 0) is 6.54 Å². The van der Waals surface area contributed by atoms with Crippen LogP contribution in [0.2, 0.25) is 0 Å². The molecule has 0 bridgehead atoms. The van der Waals surface area contributed by atoms with E-state index in [1.807, 2.05) is 31.2 Å². The number of aryl methyl sites for hydroxylation is 1. The summed E-state index contributed by atoms with van der Waals surface area (Å²) < 4.78 is 10.4. The van der Waals surface area contributed by atoms with Crippen LogP contribution in [0.5, 0.6) is 0 Å². The van der Waals surface area contributed by atoms with Gasteiger partial charge in [-0.15, -0.1) is 10.2 Å². The average molecular weight is 308 g/mol. The number of hydrogen-bond donors (Lipinski definition) is 0. The summed E-state index contributed by atoms with van der Waals surface area (Å²) in [4.78, 5) is 5.68. The summed E-state index contributed by atoms with van der Waals surface area (Å²) in [6.07, 6.45) is 1.55. The van der Waals surface area contributed by atoms with E-state index < -0.39 is 0 Å². The molecule has 0 amide bonds. The molecule has 0 aliphatic heterocycles. The highest BCUT2D eigenvalue weighted by Gasteiger charge is 2.13. The summed E-state index contributed by atoms with van der Waals surface area (Å²) in [5.41, 5.74) is 2.04. The first-order valence-electron chi connectivity index (χ1n) is 7.00. The molecule has 4 rings (SSSR count). The molecule has 0 atom stereocenters. The molecule has 23 heavy (non-hydrogen) atoms. The van der Waals surface area contributed by atoms with Gasteiger partial charge in [0.2, 0.25) is 5.82 Å². The van der Waals surface area contributed by atoms with Crippen LogP contribution in [0.3, 0.4) is 0 Å². The molecule has 8 heteroatoms. The van der Waals surface area contributed by atoms with Gasteiger partial charge in [0.1, 0.15) is 6.54 Å². The van der Waals surface area contributed by atoms with Gasteiger partial charge in [0.25, 0.3) is 5.89 Å². The van der Waals surface area contributed by atoms with Crippen molar-refractivity contribution in [3.8, 4) is 23.0 Å². The van der Waals surface area contributed by atoms with Crippen LogP contribution in [0.4, 0.5) is 0 Å². The Balaban J connectivity index is 1.55. The lowest BCUT2D eigenvalue weighted by molar-refractivity contribution is 0.403. The largest absolute Gasteiger partial charge is 0.459 e. The van der Waals surface area contributed by atoms with Crippen molar-refractivity contribution in [2.75, 3.05) is 0 Å². The van der Waals surface area contributed by atoms with Crippen LogP contribution < -0.4 is 0 Å². The second kappa shape index (κ2) is 5.48. The van der Waals surface area contributed by atoms with E-state index in [1.165, 1.54) is 4.80 Å². The van der Waals surface area contributed by atoms with E-state index in [9.17, 15) is 0 Å². The molecule has 0 N–H and O–H groups in total. The van der Waals surface area contributed by atoms with Gasteiger partial charge in [-0.3, -0.25) is 0 Å². The normalized spacial score (nSPS) is 11.0. The third kappa shape index (κ3) is 2.61. The molecular weight excluding hydrogens is 296 g/mol. The highest BCUT2D eigenvalue weighted by molar-refractivity contribution is 5.58. The molecule has 114 valence electrons. The molecule has 0 saturated carbocycles. The van der Waals surface area contributed by atoms with Crippen molar-refractivity contribution in [1.82, 2.24) is 30.3 Å². The molecule has 0 spiro atoms. The van der Waals surface area contributed by atoms with Crippen LogP contribution in [-0.4, -0.2) is 30.3 Å².